The predicted octanol–water partition coefficient (Wildman–Crippen LogP) is 3.93. The first-order valence-corrected chi connectivity index (χ1v) is 9.13. The van der Waals surface area contributed by atoms with Gasteiger partial charge in [0.2, 0.25) is 0 Å². The van der Waals surface area contributed by atoms with Crippen molar-refractivity contribution in [2.24, 2.45) is 0 Å². The van der Waals surface area contributed by atoms with Crippen molar-refractivity contribution >= 4 is 11.9 Å². The van der Waals surface area contributed by atoms with Crippen LogP contribution >= 0.6 is 0 Å². The maximum atomic E-state index is 12.2. The van der Waals surface area contributed by atoms with Gasteiger partial charge in [-0.2, -0.15) is 0 Å². The maximum absolute atomic E-state index is 12.2. The molecular weight excluding hydrogens is 326 g/mol. The lowest BCUT2D eigenvalue weighted by molar-refractivity contribution is -0.129. The number of amides is 1. The van der Waals surface area contributed by atoms with Gasteiger partial charge in [-0.25, -0.2) is 4.79 Å². The summed E-state index contributed by atoms with van der Waals surface area (Å²) in [5.41, 5.74) is 2.85. The third kappa shape index (κ3) is 6.03. The van der Waals surface area contributed by atoms with E-state index in [0.717, 1.165) is 24.8 Å². The number of esters is 1. The van der Waals surface area contributed by atoms with Gasteiger partial charge in [0.05, 0.1) is 5.56 Å². The lowest BCUT2D eigenvalue weighted by Gasteiger charge is -2.18. The molecule has 0 saturated heterocycles. The summed E-state index contributed by atoms with van der Waals surface area (Å²) in [7, 11) is 0. The predicted molar refractivity (Wildman–Crippen MR) is 103 cm³/mol. The van der Waals surface area contributed by atoms with Crippen LogP contribution in [0.3, 0.4) is 0 Å². The van der Waals surface area contributed by atoms with E-state index in [1.165, 1.54) is 5.56 Å². The molecular formula is C22H27NO3. The Balaban J connectivity index is 1.79. The zero-order valence-corrected chi connectivity index (χ0v) is 15.7. The minimum absolute atomic E-state index is 0.00713. The number of benzene rings is 2. The molecule has 2 aromatic rings. The number of ether oxygens (including phenoxy) is 1. The molecule has 1 N–H and O–H groups in total. The molecule has 26 heavy (non-hydrogen) atoms. The Bertz CT molecular complexity index is 710. The summed E-state index contributed by atoms with van der Waals surface area (Å²) in [6, 6.07) is 17.4. The van der Waals surface area contributed by atoms with Crippen molar-refractivity contribution in [3.8, 4) is 0 Å². The standard InChI is InChI=1S/C22H27NO3/c1-4-18-12-14-20(15-13-18)22(25)26-17(3)21(24)23-16(2)10-11-19-8-6-5-7-9-19/h5-9,12-17H,4,10-11H2,1-3H3,(H,23,24)/t16-,17+/m0/s1. The molecule has 138 valence electrons. The molecule has 1 amide bonds. The van der Waals surface area contributed by atoms with E-state index < -0.39 is 12.1 Å². The molecule has 0 saturated carbocycles. The smallest absolute Gasteiger partial charge is 0.338 e. The summed E-state index contributed by atoms with van der Waals surface area (Å²) in [5, 5.41) is 2.91. The van der Waals surface area contributed by atoms with Crippen molar-refractivity contribution in [1.82, 2.24) is 5.32 Å². The quantitative estimate of drug-likeness (QED) is 0.732. The Labute approximate surface area is 155 Å². The minimum atomic E-state index is -0.826. The highest BCUT2D eigenvalue weighted by Gasteiger charge is 2.20. The van der Waals surface area contributed by atoms with E-state index in [9.17, 15) is 9.59 Å². The highest BCUT2D eigenvalue weighted by Crippen LogP contribution is 2.09. The fourth-order valence-corrected chi connectivity index (χ4v) is 2.62. The topological polar surface area (TPSA) is 55.4 Å². The van der Waals surface area contributed by atoms with Gasteiger partial charge in [-0.1, -0.05) is 49.4 Å². The van der Waals surface area contributed by atoms with Crippen LogP contribution in [0.25, 0.3) is 0 Å². The van der Waals surface area contributed by atoms with Crippen LogP contribution in [-0.2, 0) is 22.4 Å². The van der Waals surface area contributed by atoms with Crippen LogP contribution in [0.4, 0.5) is 0 Å². The van der Waals surface area contributed by atoms with Crippen LogP contribution in [-0.4, -0.2) is 24.0 Å². The molecule has 0 fully saturated rings. The van der Waals surface area contributed by atoms with Crippen molar-refractivity contribution in [3.63, 3.8) is 0 Å². The summed E-state index contributed by atoms with van der Waals surface area (Å²) < 4.78 is 5.28. The average molecular weight is 353 g/mol. The van der Waals surface area contributed by atoms with Crippen molar-refractivity contribution in [2.75, 3.05) is 0 Å². The lowest BCUT2D eigenvalue weighted by atomic mass is 10.1. The molecule has 0 radical (unpaired) electrons. The van der Waals surface area contributed by atoms with Crippen molar-refractivity contribution in [1.29, 1.82) is 0 Å². The van der Waals surface area contributed by atoms with E-state index in [2.05, 4.69) is 24.4 Å². The Morgan fingerprint density at radius 2 is 1.62 bits per heavy atom. The molecule has 0 unspecified atom stereocenters. The van der Waals surface area contributed by atoms with Crippen LogP contribution in [0.2, 0.25) is 0 Å². The van der Waals surface area contributed by atoms with Gasteiger partial charge < -0.3 is 10.1 Å². The third-order valence-corrected chi connectivity index (χ3v) is 4.35. The Kier molecular flexibility index (Phi) is 7.39. The van der Waals surface area contributed by atoms with Crippen LogP contribution in [0, 0.1) is 0 Å². The summed E-state index contributed by atoms with van der Waals surface area (Å²) >= 11 is 0. The van der Waals surface area contributed by atoms with Gasteiger partial charge in [-0.3, -0.25) is 4.79 Å². The van der Waals surface area contributed by atoms with E-state index in [4.69, 9.17) is 4.74 Å². The van der Waals surface area contributed by atoms with Crippen molar-refractivity contribution in [3.05, 3.63) is 71.3 Å². The SMILES string of the molecule is CCc1ccc(C(=O)O[C@H](C)C(=O)N[C@@H](C)CCc2ccccc2)cc1. The van der Waals surface area contributed by atoms with Crippen LogP contribution in [0.5, 0.6) is 0 Å². The highest BCUT2D eigenvalue weighted by atomic mass is 16.5. The Morgan fingerprint density at radius 1 is 0.962 bits per heavy atom. The molecule has 2 aromatic carbocycles. The van der Waals surface area contributed by atoms with E-state index in [1.54, 1.807) is 19.1 Å². The van der Waals surface area contributed by atoms with Gasteiger partial charge in [0.25, 0.3) is 5.91 Å². The number of carbonyl (C=O) groups is 2. The molecule has 0 aliphatic carbocycles. The lowest BCUT2D eigenvalue weighted by Crippen LogP contribution is -2.41. The average Bonchev–Trinajstić information content (AvgIpc) is 2.67. The molecule has 0 bridgehead atoms. The van der Waals surface area contributed by atoms with Gasteiger partial charge in [-0.05, 0) is 56.4 Å². The van der Waals surface area contributed by atoms with Gasteiger partial charge in [-0.15, -0.1) is 0 Å². The number of aryl methyl sites for hydroxylation is 2. The van der Waals surface area contributed by atoms with Gasteiger partial charge in [0.15, 0.2) is 6.10 Å². The number of nitrogens with one attached hydrogen (secondary N) is 1. The Hall–Kier alpha value is -2.62. The van der Waals surface area contributed by atoms with Crippen molar-refractivity contribution in [2.45, 2.75) is 52.2 Å². The number of hydrogen-bond acceptors (Lipinski definition) is 3. The molecule has 0 aliphatic rings. The molecule has 4 heteroatoms. The summed E-state index contributed by atoms with van der Waals surface area (Å²) in [6.07, 6.45) is 1.80. The van der Waals surface area contributed by atoms with Gasteiger partial charge in [0.1, 0.15) is 0 Å². The van der Waals surface area contributed by atoms with E-state index >= 15 is 0 Å². The fraction of sp³-hybridized carbons (Fsp3) is 0.364. The first kappa shape index (κ1) is 19.7. The van der Waals surface area contributed by atoms with E-state index in [1.807, 2.05) is 37.3 Å². The first-order valence-electron chi connectivity index (χ1n) is 9.13. The second kappa shape index (κ2) is 9.76. The normalized spacial score (nSPS) is 12.9. The second-order valence-electron chi connectivity index (χ2n) is 6.53. The molecule has 0 spiro atoms. The van der Waals surface area contributed by atoms with Gasteiger partial charge in [0, 0.05) is 6.04 Å². The summed E-state index contributed by atoms with van der Waals surface area (Å²) in [6.45, 7) is 5.61. The molecule has 0 heterocycles. The molecule has 4 nitrogen and oxygen atoms in total. The molecule has 2 atom stereocenters. The zero-order valence-electron chi connectivity index (χ0n) is 15.7. The zero-order chi connectivity index (χ0) is 18.9. The fourth-order valence-electron chi connectivity index (χ4n) is 2.62. The molecule has 0 aliphatic heterocycles. The largest absolute Gasteiger partial charge is 0.449 e. The molecule has 0 aromatic heterocycles. The van der Waals surface area contributed by atoms with Crippen LogP contribution in [0.1, 0.15) is 48.7 Å². The summed E-state index contributed by atoms with van der Waals surface area (Å²) in [5.74, 6) is -0.753. The highest BCUT2D eigenvalue weighted by molar-refractivity contribution is 5.92. The molecule has 2 rings (SSSR count). The van der Waals surface area contributed by atoms with Crippen LogP contribution < -0.4 is 5.32 Å². The monoisotopic (exact) mass is 353 g/mol. The number of rotatable bonds is 8. The number of carbonyl (C=O) groups excluding carboxylic acids is 2. The van der Waals surface area contributed by atoms with E-state index in [-0.39, 0.29) is 11.9 Å². The van der Waals surface area contributed by atoms with Gasteiger partial charge >= 0.3 is 5.97 Å². The van der Waals surface area contributed by atoms with Crippen molar-refractivity contribution < 1.29 is 14.3 Å². The number of hydrogen-bond donors (Lipinski definition) is 1. The maximum Gasteiger partial charge on any atom is 0.338 e. The minimum Gasteiger partial charge on any atom is -0.449 e. The first-order chi connectivity index (χ1) is 12.5. The Morgan fingerprint density at radius 3 is 2.23 bits per heavy atom. The second-order valence-corrected chi connectivity index (χ2v) is 6.53. The third-order valence-electron chi connectivity index (χ3n) is 4.35. The summed E-state index contributed by atoms with van der Waals surface area (Å²) in [4.78, 5) is 24.4. The van der Waals surface area contributed by atoms with E-state index in [0.29, 0.717) is 5.56 Å². The van der Waals surface area contributed by atoms with Crippen LogP contribution in [0.15, 0.2) is 54.6 Å².